The van der Waals surface area contributed by atoms with Gasteiger partial charge < -0.3 is 14.2 Å². The first-order valence-corrected chi connectivity index (χ1v) is 8.03. The lowest BCUT2D eigenvalue weighted by Crippen LogP contribution is -2.28. The quantitative estimate of drug-likeness (QED) is 0.768. The molecule has 1 fully saturated rings. The molecule has 134 valence electrons. The third-order valence-corrected chi connectivity index (χ3v) is 4.05. The fourth-order valence-corrected chi connectivity index (χ4v) is 2.65. The predicted molar refractivity (Wildman–Crippen MR) is 88.8 cm³/mol. The SMILES string of the molecule is CCO[C@@H]1COC[C@H]1n1cc(C(=O)N(C)c2ccc(OC)cn2)nn1. The molecule has 2 atom stereocenters. The van der Waals surface area contributed by atoms with E-state index < -0.39 is 0 Å². The number of nitrogens with zero attached hydrogens (tertiary/aromatic N) is 5. The highest BCUT2D eigenvalue weighted by atomic mass is 16.5. The monoisotopic (exact) mass is 347 g/mol. The summed E-state index contributed by atoms with van der Waals surface area (Å²) in [5.74, 6) is 0.825. The summed E-state index contributed by atoms with van der Waals surface area (Å²) in [6.07, 6.45) is 3.09. The van der Waals surface area contributed by atoms with Crippen LogP contribution >= 0.6 is 0 Å². The molecule has 0 spiro atoms. The van der Waals surface area contributed by atoms with Gasteiger partial charge in [0.1, 0.15) is 23.7 Å². The highest BCUT2D eigenvalue weighted by Crippen LogP contribution is 2.22. The molecule has 25 heavy (non-hydrogen) atoms. The molecule has 0 radical (unpaired) electrons. The summed E-state index contributed by atoms with van der Waals surface area (Å²) in [7, 11) is 3.20. The Morgan fingerprint density at radius 1 is 1.44 bits per heavy atom. The molecule has 0 bridgehead atoms. The van der Waals surface area contributed by atoms with Crippen LogP contribution in [-0.2, 0) is 9.47 Å². The zero-order chi connectivity index (χ0) is 17.8. The summed E-state index contributed by atoms with van der Waals surface area (Å²) in [5.41, 5.74) is 0.238. The minimum absolute atomic E-state index is 0.0848. The van der Waals surface area contributed by atoms with E-state index in [1.165, 1.54) is 4.90 Å². The number of methoxy groups -OCH3 is 1. The van der Waals surface area contributed by atoms with Crippen molar-refractivity contribution >= 4 is 11.7 Å². The largest absolute Gasteiger partial charge is 0.495 e. The molecule has 0 aliphatic carbocycles. The van der Waals surface area contributed by atoms with Crippen molar-refractivity contribution in [3.8, 4) is 5.75 Å². The molecule has 0 unspecified atom stereocenters. The zero-order valence-electron chi connectivity index (χ0n) is 14.5. The molecule has 1 amide bonds. The second-order valence-electron chi connectivity index (χ2n) is 5.60. The Hall–Kier alpha value is -2.52. The standard InChI is InChI=1S/C16H21N5O4/c1-4-25-14-10-24-9-13(14)21-8-12(18-19-21)16(22)20(2)15-6-5-11(23-3)7-17-15/h5-8,13-14H,4,9-10H2,1-3H3/t13-,14-/m1/s1. The van der Waals surface area contributed by atoms with Gasteiger partial charge in [0, 0.05) is 13.7 Å². The van der Waals surface area contributed by atoms with Crippen molar-refractivity contribution in [2.75, 3.05) is 38.9 Å². The number of ether oxygens (including phenoxy) is 3. The molecule has 2 aromatic heterocycles. The van der Waals surface area contributed by atoms with E-state index in [0.29, 0.717) is 31.4 Å². The summed E-state index contributed by atoms with van der Waals surface area (Å²) >= 11 is 0. The molecular weight excluding hydrogens is 326 g/mol. The molecular formula is C16H21N5O4. The molecule has 0 saturated carbocycles. The number of rotatable bonds is 6. The maximum atomic E-state index is 12.6. The number of aromatic nitrogens is 4. The van der Waals surface area contributed by atoms with Gasteiger partial charge in [-0.1, -0.05) is 5.21 Å². The second-order valence-corrected chi connectivity index (χ2v) is 5.60. The Labute approximate surface area is 145 Å². The van der Waals surface area contributed by atoms with Gasteiger partial charge in [-0.2, -0.15) is 0 Å². The summed E-state index contributed by atoms with van der Waals surface area (Å²) in [5, 5.41) is 8.07. The van der Waals surface area contributed by atoms with E-state index in [2.05, 4.69) is 15.3 Å². The van der Waals surface area contributed by atoms with Crippen LogP contribution in [0.15, 0.2) is 24.5 Å². The molecule has 3 heterocycles. The number of hydrogen-bond donors (Lipinski definition) is 0. The first kappa shape index (κ1) is 17.3. The lowest BCUT2D eigenvalue weighted by molar-refractivity contribution is 0.0340. The lowest BCUT2D eigenvalue weighted by Gasteiger charge is -2.17. The predicted octanol–water partition coefficient (Wildman–Crippen LogP) is 0.935. The summed E-state index contributed by atoms with van der Waals surface area (Å²) in [6.45, 7) is 3.52. The number of carbonyl (C=O) groups excluding carboxylic acids is 1. The average molecular weight is 347 g/mol. The van der Waals surface area contributed by atoms with Crippen LogP contribution in [0.2, 0.25) is 0 Å². The normalized spacial score (nSPS) is 19.8. The van der Waals surface area contributed by atoms with E-state index in [9.17, 15) is 4.79 Å². The van der Waals surface area contributed by atoms with E-state index >= 15 is 0 Å². The number of amides is 1. The fourth-order valence-electron chi connectivity index (χ4n) is 2.65. The Kier molecular flexibility index (Phi) is 5.25. The van der Waals surface area contributed by atoms with Crippen LogP contribution in [-0.4, -0.2) is 66.0 Å². The molecule has 1 aliphatic heterocycles. The van der Waals surface area contributed by atoms with Crippen molar-refractivity contribution in [2.45, 2.75) is 19.1 Å². The van der Waals surface area contributed by atoms with Gasteiger partial charge in [-0.05, 0) is 19.1 Å². The van der Waals surface area contributed by atoms with Crippen molar-refractivity contribution in [3.05, 3.63) is 30.2 Å². The minimum atomic E-state index is -0.296. The Balaban J connectivity index is 1.73. The van der Waals surface area contributed by atoms with Crippen LogP contribution in [0.3, 0.4) is 0 Å². The smallest absolute Gasteiger partial charge is 0.281 e. The van der Waals surface area contributed by atoms with Crippen molar-refractivity contribution in [1.82, 2.24) is 20.0 Å². The van der Waals surface area contributed by atoms with E-state index in [-0.39, 0.29) is 23.7 Å². The molecule has 2 aromatic rings. The van der Waals surface area contributed by atoms with Gasteiger partial charge in [0.2, 0.25) is 0 Å². The molecule has 0 N–H and O–H groups in total. The first-order chi connectivity index (χ1) is 12.1. The Morgan fingerprint density at radius 2 is 2.28 bits per heavy atom. The molecule has 1 aliphatic rings. The van der Waals surface area contributed by atoms with E-state index in [1.807, 2.05) is 6.92 Å². The first-order valence-electron chi connectivity index (χ1n) is 8.03. The Morgan fingerprint density at radius 3 is 2.96 bits per heavy atom. The minimum Gasteiger partial charge on any atom is -0.495 e. The van der Waals surface area contributed by atoms with Crippen LogP contribution in [0.4, 0.5) is 5.82 Å². The maximum absolute atomic E-state index is 12.6. The molecule has 1 saturated heterocycles. The van der Waals surface area contributed by atoms with Gasteiger partial charge in [0.05, 0.1) is 32.7 Å². The zero-order valence-corrected chi connectivity index (χ0v) is 14.5. The van der Waals surface area contributed by atoms with Crippen LogP contribution < -0.4 is 9.64 Å². The number of pyridine rings is 1. The number of anilines is 1. The molecule has 0 aromatic carbocycles. The van der Waals surface area contributed by atoms with Gasteiger partial charge in [0.15, 0.2) is 5.69 Å². The van der Waals surface area contributed by atoms with Crippen LogP contribution in [0.1, 0.15) is 23.5 Å². The molecule has 9 heteroatoms. The van der Waals surface area contributed by atoms with Gasteiger partial charge in [0.25, 0.3) is 5.91 Å². The van der Waals surface area contributed by atoms with E-state index in [1.54, 1.807) is 43.4 Å². The van der Waals surface area contributed by atoms with Gasteiger partial charge in [-0.25, -0.2) is 9.67 Å². The van der Waals surface area contributed by atoms with Crippen molar-refractivity contribution in [1.29, 1.82) is 0 Å². The third-order valence-electron chi connectivity index (χ3n) is 4.05. The third kappa shape index (κ3) is 3.62. The van der Waals surface area contributed by atoms with Gasteiger partial charge in [-0.15, -0.1) is 5.10 Å². The van der Waals surface area contributed by atoms with Crippen LogP contribution in [0.25, 0.3) is 0 Å². The van der Waals surface area contributed by atoms with Crippen LogP contribution in [0, 0.1) is 0 Å². The van der Waals surface area contributed by atoms with Gasteiger partial charge in [-0.3, -0.25) is 9.69 Å². The highest BCUT2D eigenvalue weighted by molar-refractivity contribution is 6.03. The molecule has 3 rings (SSSR count). The van der Waals surface area contributed by atoms with E-state index in [4.69, 9.17) is 14.2 Å². The van der Waals surface area contributed by atoms with Crippen molar-refractivity contribution in [2.24, 2.45) is 0 Å². The number of carbonyl (C=O) groups is 1. The fraction of sp³-hybridized carbons (Fsp3) is 0.500. The van der Waals surface area contributed by atoms with E-state index in [0.717, 1.165) is 0 Å². The summed E-state index contributed by atoms with van der Waals surface area (Å²) in [4.78, 5) is 18.2. The topological polar surface area (TPSA) is 91.6 Å². The Bertz CT molecular complexity index is 718. The lowest BCUT2D eigenvalue weighted by atomic mass is 10.2. The summed E-state index contributed by atoms with van der Waals surface area (Å²) in [6, 6.07) is 3.36. The summed E-state index contributed by atoms with van der Waals surface area (Å²) < 4.78 is 17.8. The highest BCUT2D eigenvalue weighted by Gasteiger charge is 2.32. The maximum Gasteiger partial charge on any atom is 0.281 e. The van der Waals surface area contributed by atoms with Crippen LogP contribution in [0.5, 0.6) is 5.75 Å². The average Bonchev–Trinajstić information content (AvgIpc) is 3.30. The van der Waals surface area contributed by atoms with Crippen molar-refractivity contribution < 1.29 is 19.0 Å². The second kappa shape index (κ2) is 7.58. The van der Waals surface area contributed by atoms with Gasteiger partial charge >= 0.3 is 0 Å². The molecule has 9 nitrogen and oxygen atoms in total. The number of hydrogen-bond acceptors (Lipinski definition) is 7. The van der Waals surface area contributed by atoms with Crippen molar-refractivity contribution in [3.63, 3.8) is 0 Å².